The third-order valence-electron chi connectivity index (χ3n) is 3.00. The van der Waals surface area contributed by atoms with E-state index in [1.807, 2.05) is 18.4 Å². The molecule has 1 N–H and O–H groups in total. The molecule has 0 saturated carbocycles. The maximum absolute atomic E-state index is 11.9. The van der Waals surface area contributed by atoms with Gasteiger partial charge in [-0.05, 0) is 36.9 Å². The maximum atomic E-state index is 11.9. The number of rotatable bonds is 8. The van der Waals surface area contributed by atoms with Crippen LogP contribution in [0, 0.1) is 0 Å². The standard InChI is InChI=1S/C17H19NO4S/c1-2-21-14-6-3-4-7-15(14)22-16(19)8-5-10-18-17(20)13-9-11-23-12-13/h3-4,6-7,9,11-12H,2,5,8,10H2,1H3,(H,18,20). The van der Waals surface area contributed by atoms with Gasteiger partial charge in [0.05, 0.1) is 6.61 Å². The van der Waals surface area contributed by atoms with E-state index in [1.54, 1.807) is 29.6 Å². The molecule has 0 aliphatic rings. The van der Waals surface area contributed by atoms with Gasteiger partial charge in [-0.1, -0.05) is 12.1 Å². The largest absolute Gasteiger partial charge is 0.490 e. The lowest BCUT2D eigenvalue weighted by Gasteiger charge is -2.10. The number of hydrogen-bond acceptors (Lipinski definition) is 5. The fourth-order valence-electron chi connectivity index (χ4n) is 1.91. The highest BCUT2D eigenvalue weighted by Gasteiger charge is 2.10. The molecule has 2 aromatic rings. The van der Waals surface area contributed by atoms with Crippen molar-refractivity contribution in [3.63, 3.8) is 0 Å². The highest BCUT2D eigenvalue weighted by Crippen LogP contribution is 2.26. The Labute approximate surface area is 139 Å². The zero-order valence-electron chi connectivity index (χ0n) is 12.9. The molecular formula is C17H19NO4S. The summed E-state index contributed by atoms with van der Waals surface area (Å²) in [4.78, 5) is 23.6. The third kappa shape index (κ3) is 5.41. The number of benzene rings is 1. The van der Waals surface area contributed by atoms with Gasteiger partial charge >= 0.3 is 5.97 Å². The van der Waals surface area contributed by atoms with Crippen molar-refractivity contribution in [2.75, 3.05) is 13.2 Å². The second-order valence-electron chi connectivity index (χ2n) is 4.73. The molecule has 0 unspecified atom stereocenters. The van der Waals surface area contributed by atoms with Gasteiger partial charge in [0.1, 0.15) is 0 Å². The molecule has 1 heterocycles. The predicted molar refractivity (Wildman–Crippen MR) is 89.1 cm³/mol. The fourth-order valence-corrected chi connectivity index (χ4v) is 2.55. The summed E-state index contributed by atoms with van der Waals surface area (Å²) in [5.41, 5.74) is 0.642. The van der Waals surface area contributed by atoms with Gasteiger partial charge in [0, 0.05) is 23.9 Å². The molecule has 0 atom stereocenters. The molecule has 2 rings (SSSR count). The Morgan fingerprint density at radius 1 is 1.17 bits per heavy atom. The molecule has 0 saturated heterocycles. The first-order valence-electron chi connectivity index (χ1n) is 7.43. The highest BCUT2D eigenvalue weighted by molar-refractivity contribution is 7.08. The number of ether oxygens (including phenoxy) is 2. The van der Waals surface area contributed by atoms with Crippen molar-refractivity contribution in [2.24, 2.45) is 0 Å². The number of esters is 1. The van der Waals surface area contributed by atoms with E-state index in [2.05, 4.69) is 5.32 Å². The summed E-state index contributed by atoms with van der Waals surface area (Å²) < 4.78 is 10.7. The van der Waals surface area contributed by atoms with Crippen molar-refractivity contribution in [2.45, 2.75) is 19.8 Å². The Morgan fingerprint density at radius 2 is 1.96 bits per heavy atom. The summed E-state index contributed by atoms with van der Waals surface area (Å²) in [6.07, 6.45) is 0.746. The first kappa shape index (κ1) is 17.0. The van der Waals surface area contributed by atoms with Gasteiger partial charge in [-0.25, -0.2) is 0 Å². The van der Waals surface area contributed by atoms with Crippen molar-refractivity contribution in [1.82, 2.24) is 5.32 Å². The number of carbonyl (C=O) groups excluding carboxylic acids is 2. The summed E-state index contributed by atoms with van der Waals surface area (Å²) in [5, 5.41) is 6.41. The van der Waals surface area contributed by atoms with E-state index >= 15 is 0 Å². The third-order valence-corrected chi connectivity index (χ3v) is 3.68. The summed E-state index contributed by atoms with van der Waals surface area (Å²) in [6.45, 7) is 2.80. The molecule has 6 heteroatoms. The van der Waals surface area contributed by atoms with Crippen molar-refractivity contribution in [1.29, 1.82) is 0 Å². The Balaban J connectivity index is 1.72. The second-order valence-corrected chi connectivity index (χ2v) is 5.51. The molecule has 23 heavy (non-hydrogen) atoms. The van der Waals surface area contributed by atoms with Crippen LogP contribution in [-0.2, 0) is 4.79 Å². The van der Waals surface area contributed by atoms with Crippen LogP contribution in [0.2, 0.25) is 0 Å². The highest BCUT2D eigenvalue weighted by atomic mass is 32.1. The van der Waals surface area contributed by atoms with E-state index in [0.29, 0.717) is 36.6 Å². The molecule has 0 bridgehead atoms. The van der Waals surface area contributed by atoms with Crippen LogP contribution in [0.15, 0.2) is 41.1 Å². The number of hydrogen-bond donors (Lipinski definition) is 1. The first-order chi connectivity index (χ1) is 11.2. The molecule has 1 amide bonds. The number of para-hydroxylation sites is 2. The predicted octanol–water partition coefficient (Wildman–Crippen LogP) is 3.26. The lowest BCUT2D eigenvalue weighted by atomic mass is 10.3. The number of nitrogens with one attached hydrogen (secondary N) is 1. The maximum Gasteiger partial charge on any atom is 0.311 e. The van der Waals surface area contributed by atoms with Crippen molar-refractivity contribution >= 4 is 23.2 Å². The molecule has 5 nitrogen and oxygen atoms in total. The fraction of sp³-hybridized carbons (Fsp3) is 0.294. The Kier molecular flexibility index (Phi) is 6.62. The van der Waals surface area contributed by atoms with Crippen LogP contribution in [0.3, 0.4) is 0 Å². The summed E-state index contributed by atoms with van der Waals surface area (Å²) in [5.74, 6) is 0.499. The molecular weight excluding hydrogens is 314 g/mol. The lowest BCUT2D eigenvalue weighted by Crippen LogP contribution is -2.24. The number of amides is 1. The average molecular weight is 333 g/mol. The Bertz CT molecular complexity index is 640. The average Bonchev–Trinajstić information content (AvgIpc) is 3.08. The van der Waals surface area contributed by atoms with Crippen LogP contribution in [0.25, 0.3) is 0 Å². The van der Waals surface area contributed by atoms with Gasteiger partial charge in [0.25, 0.3) is 5.91 Å². The zero-order valence-corrected chi connectivity index (χ0v) is 13.7. The molecule has 0 aliphatic heterocycles. The quantitative estimate of drug-likeness (QED) is 0.457. The second kappa shape index (κ2) is 8.95. The molecule has 0 radical (unpaired) electrons. The first-order valence-corrected chi connectivity index (χ1v) is 8.38. The molecule has 122 valence electrons. The minimum Gasteiger partial charge on any atom is -0.490 e. The van der Waals surface area contributed by atoms with E-state index in [1.165, 1.54) is 11.3 Å². The van der Waals surface area contributed by atoms with Crippen molar-refractivity contribution in [3.05, 3.63) is 46.7 Å². The molecule has 1 aromatic carbocycles. The van der Waals surface area contributed by atoms with Crippen LogP contribution in [-0.4, -0.2) is 25.0 Å². The van der Waals surface area contributed by atoms with Crippen LogP contribution < -0.4 is 14.8 Å². The molecule has 0 aliphatic carbocycles. The van der Waals surface area contributed by atoms with E-state index in [0.717, 1.165) is 0 Å². The molecule has 0 spiro atoms. The normalized spacial score (nSPS) is 10.1. The SMILES string of the molecule is CCOc1ccccc1OC(=O)CCCNC(=O)c1ccsc1. The topological polar surface area (TPSA) is 64.6 Å². The number of carbonyl (C=O) groups is 2. The van der Waals surface area contributed by atoms with E-state index in [4.69, 9.17) is 9.47 Å². The van der Waals surface area contributed by atoms with Gasteiger partial charge in [0.15, 0.2) is 11.5 Å². The summed E-state index contributed by atoms with van der Waals surface area (Å²) in [6, 6.07) is 8.82. The van der Waals surface area contributed by atoms with Gasteiger partial charge in [-0.2, -0.15) is 11.3 Å². The van der Waals surface area contributed by atoms with Gasteiger partial charge < -0.3 is 14.8 Å². The minimum atomic E-state index is -0.345. The van der Waals surface area contributed by atoms with Crippen LogP contribution >= 0.6 is 11.3 Å². The van der Waals surface area contributed by atoms with Crippen molar-refractivity contribution in [3.8, 4) is 11.5 Å². The smallest absolute Gasteiger partial charge is 0.311 e. The summed E-state index contributed by atoms with van der Waals surface area (Å²) in [7, 11) is 0. The summed E-state index contributed by atoms with van der Waals surface area (Å²) >= 11 is 1.47. The van der Waals surface area contributed by atoms with Crippen LogP contribution in [0.1, 0.15) is 30.1 Å². The number of thiophene rings is 1. The molecule has 0 fully saturated rings. The Morgan fingerprint density at radius 3 is 2.65 bits per heavy atom. The van der Waals surface area contributed by atoms with E-state index in [-0.39, 0.29) is 18.3 Å². The molecule has 1 aromatic heterocycles. The lowest BCUT2D eigenvalue weighted by molar-refractivity contribution is -0.134. The van der Waals surface area contributed by atoms with E-state index < -0.39 is 0 Å². The van der Waals surface area contributed by atoms with Crippen LogP contribution in [0.4, 0.5) is 0 Å². The monoisotopic (exact) mass is 333 g/mol. The van der Waals surface area contributed by atoms with Crippen LogP contribution in [0.5, 0.6) is 11.5 Å². The van der Waals surface area contributed by atoms with Crippen molar-refractivity contribution < 1.29 is 19.1 Å². The van der Waals surface area contributed by atoms with Gasteiger partial charge in [-0.15, -0.1) is 0 Å². The zero-order chi connectivity index (χ0) is 16.5. The van der Waals surface area contributed by atoms with E-state index in [9.17, 15) is 9.59 Å². The van der Waals surface area contributed by atoms with Gasteiger partial charge in [0.2, 0.25) is 0 Å². The Hall–Kier alpha value is -2.34. The van der Waals surface area contributed by atoms with Gasteiger partial charge in [-0.3, -0.25) is 9.59 Å². The minimum absolute atomic E-state index is 0.124.